The molecule has 0 N–H and O–H groups in total. The number of nitrogens with zero attached hydrogens (tertiary/aromatic N) is 3. The molecular formula is C26H45N3O3. The van der Waals surface area contributed by atoms with Gasteiger partial charge in [0.2, 0.25) is 0 Å². The number of aromatic nitrogens is 2. The van der Waals surface area contributed by atoms with E-state index < -0.39 is 0 Å². The number of ether oxygens (including phenoxy) is 3. The number of likely N-dealkylation sites (tertiary alicyclic amines) is 1. The Morgan fingerprint density at radius 3 is 2.31 bits per heavy atom. The summed E-state index contributed by atoms with van der Waals surface area (Å²) in [5, 5.41) is 5.20. The van der Waals surface area contributed by atoms with E-state index >= 15 is 0 Å². The van der Waals surface area contributed by atoms with Crippen molar-refractivity contribution in [3.05, 3.63) is 17.5 Å². The summed E-state index contributed by atoms with van der Waals surface area (Å²) in [7, 11) is 0. The molecule has 2 saturated heterocycles. The second kappa shape index (κ2) is 12.0. The minimum atomic E-state index is 0.121. The van der Waals surface area contributed by atoms with Crippen LogP contribution in [-0.4, -0.2) is 60.8 Å². The lowest BCUT2D eigenvalue weighted by atomic mass is 9.70. The van der Waals surface area contributed by atoms with Crippen molar-refractivity contribution >= 4 is 0 Å². The lowest BCUT2D eigenvalue weighted by Crippen LogP contribution is -2.36. The molecule has 0 spiro atoms. The van der Waals surface area contributed by atoms with E-state index in [1.54, 1.807) is 0 Å². The molecule has 1 aromatic heterocycles. The first-order valence-corrected chi connectivity index (χ1v) is 13.3. The maximum Gasteiger partial charge on any atom is 0.150 e. The Balaban J connectivity index is 1.48. The Morgan fingerprint density at radius 2 is 1.69 bits per heavy atom. The molecule has 6 heteroatoms. The quantitative estimate of drug-likeness (QED) is 0.488. The van der Waals surface area contributed by atoms with Gasteiger partial charge in [-0.25, -0.2) is 4.68 Å². The van der Waals surface area contributed by atoms with Gasteiger partial charge in [0.25, 0.3) is 0 Å². The highest BCUT2D eigenvalue weighted by Crippen LogP contribution is 2.44. The van der Waals surface area contributed by atoms with E-state index in [1.807, 2.05) is 0 Å². The lowest BCUT2D eigenvalue weighted by Gasteiger charge is -2.39. The van der Waals surface area contributed by atoms with Gasteiger partial charge in [0.1, 0.15) is 6.23 Å². The second-order valence-electron chi connectivity index (χ2n) is 10.2. The standard InChI is InChI=1S/C26H45N3O3/c1-3-30-20-26(21-31-4-2)13-11-22(12-14-26)25-23(18-28-15-7-5-8-16-28)19-29(27-25)24-10-6-9-17-32-24/h19,22,24H,3-18,20-21H2,1-2H3. The highest BCUT2D eigenvalue weighted by molar-refractivity contribution is 5.23. The largest absolute Gasteiger partial charge is 0.381 e. The van der Waals surface area contributed by atoms with E-state index in [1.165, 1.54) is 69.3 Å². The van der Waals surface area contributed by atoms with Gasteiger partial charge in [-0.15, -0.1) is 0 Å². The van der Waals surface area contributed by atoms with Gasteiger partial charge in [0.05, 0.1) is 18.9 Å². The molecule has 1 unspecified atom stereocenters. The Labute approximate surface area is 195 Å². The van der Waals surface area contributed by atoms with Crippen LogP contribution < -0.4 is 0 Å². The molecule has 3 aliphatic rings. The molecule has 1 atom stereocenters. The predicted octanol–water partition coefficient (Wildman–Crippen LogP) is 5.29. The normalized spacial score (nSPS) is 25.2. The minimum Gasteiger partial charge on any atom is -0.381 e. The van der Waals surface area contributed by atoms with Gasteiger partial charge in [-0.3, -0.25) is 4.90 Å². The zero-order chi connectivity index (χ0) is 22.2. The fraction of sp³-hybridized carbons (Fsp3) is 0.885. The summed E-state index contributed by atoms with van der Waals surface area (Å²) in [6, 6.07) is 0. The molecule has 0 aromatic carbocycles. The maximum atomic E-state index is 6.09. The minimum absolute atomic E-state index is 0.121. The van der Waals surface area contributed by atoms with Crippen LogP contribution in [0.25, 0.3) is 0 Å². The van der Waals surface area contributed by atoms with Crippen molar-refractivity contribution in [3.8, 4) is 0 Å². The second-order valence-corrected chi connectivity index (χ2v) is 10.2. The van der Waals surface area contributed by atoms with Crippen molar-refractivity contribution in [1.82, 2.24) is 14.7 Å². The molecule has 3 fully saturated rings. The molecule has 6 nitrogen and oxygen atoms in total. The molecule has 1 aromatic rings. The molecule has 1 aliphatic carbocycles. The number of hydrogen-bond acceptors (Lipinski definition) is 5. The summed E-state index contributed by atoms with van der Waals surface area (Å²) in [6.07, 6.45) is 14.7. The molecule has 3 heterocycles. The van der Waals surface area contributed by atoms with Crippen molar-refractivity contribution in [2.45, 2.75) is 96.7 Å². The van der Waals surface area contributed by atoms with E-state index in [4.69, 9.17) is 19.3 Å². The summed E-state index contributed by atoms with van der Waals surface area (Å²) in [4.78, 5) is 2.63. The van der Waals surface area contributed by atoms with Gasteiger partial charge >= 0.3 is 0 Å². The smallest absolute Gasteiger partial charge is 0.150 e. The third-order valence-electron chi connectivity index (χ3n) is 7.79. The number of rotatable bonds is 10. The first-order chi connectivity index (χ1) is 15.7. The summed E-state index contributed by atoms with van der Waals surface area (Å²) < 4.78 is 20.0. The Kier molecular flexibility index (Phi) is 9.04. The molecule has 1 saturated carbocycles. The van der Waals surface area contributed by atoms with Crippen LogP contribution in [0.15, 0.2) is 6.20 Å². The maximum absolute atomic E-state index is 6.09. The molecule has 4 rings (SSSR count). The summed E-state index contributed by atoms with van der Waals surface area (Å²) >= 11 is 0. The molecule has 0 bridgehead atoms. The van der Waals surface area contributed by atoms with Crippen molar-refractivity contribution in [2.24, 2.45) is 5.41 Å². The lowest BCUT2D eigenvalue weighted by molar-refractivity contribution is -0.0421. The van der Waals surface area contributed by atoms with E-state index in [0.29, 0.717) is 5.92 Å². The van der Waals surface area contributed by atoms with Crippen LogP contribution in [0.4, 0.5) is 0 Å². The molecule has 0 radical (unpaired) electrons. The Morgan fingerprint density at radius 1 is 0.969 bits per heavy atom. The highest BCUT2D eigenvalue weighted by atomic mass is 16.5. The predicted molar refractivity (Wildman–Crippen MR) is 127 cm³/mol. The zero-order valence-corrected chi connectivity index (χ0v) is 20.5. The topological polar surface area (TPSA) is 48.8 Å². The fourth-order valence-electron chi connectivity index (χ4n) is 5.82. The van der Waals surface area contributed by atoms with Crippen LogP contribution in [0.1, 0.15) is 101 Å². The molecule has 32 heavy (non-hydrogen) atoms. The van der Waals surface area contributed by atoms with Crippen LogP contribution in [0.5, 0.6) is 0 Å². The van der Waals surface area contributed by atoms with Crippen molar-refractivity contribution in [2.75, 3.05) is 46.1 Å². The van der Waals surface area contributed by atoms with Crippen molar-refractivity contribution in [1.29, 1.82) is 0 Å². The van der Waals surface area contributed by atoms with Gasteiger partial charge in [-0.05, 0) is 84.7 Å². The van der Waals surface area contributed by atoms with E-state index in [0.717, 1.165) is 58.8 Å². The van der Waals surface area contributed by atoms with Gasteiger partial charge < -0.3 is 14.2 Å². The number of hydrogen-bond donors (Lipinski definition) is 0. The number of piperidine rings is 1. The SMILES string of the molecule is CCOCC1(COCC)CCC(c2nn(C3CCCCO3)cc2CN2CCCCC2)CC1. The van der Waals surface area contributed by atoms with Crippen molar-refractivity contribution in [3.63, 3.8) is 0 Å². The fourth-order valence-corrected chi connectivity index (χ4v) is 5.82. The third-order valence-corrected chi connectivity index (χ3v) is 7.79. The third kappa shape index (κ3) is 6.13. The average Bonchev–Trinajstić information content (AvgIpc) is 3.27. The summed E-state index contributed by atoms with van der Waals surface area (Å²) in [5.74, 6) is 0.538. The van der Waals surface area contributed by atoms with Crippen LogP contribution in [0.3, 0.4) is 0 Å². The van der Waals surface area contributed by atoms with Gasteiger partial charge in [0.15, 0.2) is 0 Å². The molecule has 2 aliphatic heterocycles. The van der Waals surface area contributed by atoms with Crippen LogP contribution in [0.2, 0.25) is 0 Å². The van der Waals surface area contributed by atoms with Crippen LogP contribution in [-0.2, 0) is 20.8 Å². The first-order valence-electron chi connectivity index (χ1n) is 13.3. The average molecular weight is 448 g/mol. The monoisotopic (exact) mass is 447 g/mol. The van der Waals surface area contributed by atoms with Gasteiger partial charge in [-0.1, -0.05) is 6.42 Å². The molecule has 182 valence electrons. The summed E-state index contributed by atoms with van der Waals surface area (Å²) in [6.45, 7) is 11.7. The van der Waals surface area contributed by atoms with Crippen LogP contribution in [0, 0.1) is 5.41 Å². The first kappa shape index (κ1) is 24.2. The van der Waals surface area contributed by atoms with Gasteiger partial charge in [-0.2, -0.15) is 5.10 Å². The van der Waals surface area contributed by atoms with E-state index in [2.05, 4.69) is 29.6 Å². The van der Waals surface area contributed by atoms with Crippen molar-refractivity contribution < 1.29 is 14.2 Å². The zero-order valence-electron chi connectivity index (χ0n) is 20.5. The Hall–Kier alpha value is -0.950. The molecular weight excluding hydrogens is 402 g/mol. The highest BCUT2D eigenvalue weighted by Gasteiger charge is 2.38. The molecule has 0 amide bonds. The van der Waals surface area contributed by atoms with E-state index in [9.17, 15) is 0 Å². The van der Waals surface area contributed by atoms with E-state index in [-0.39, 0.29) is 11.6 Å². The Bertz CT molecular complexity index is 662. The van der Waals surface area contributed by atoms with Crippen LogP contribution >= 0.6 is 0 Å². The summed E-state index contributed by atoms with van der Waals surface area (Å²) in [5.41, 5.74) is 2.95. The van der Waals surface area contributed by atoms with Gasteiger partial charge in [0, 0.05) is 49.5 Å².